The van der Waals surface area contributed by atoms with Gasteiger partial charge in [0.25, 0.3) is 0 Å². The molecule has 0 radical (unpaired) electrons. The average Bonchev–Trinajstić information content (AvgIpc) is 2.47. The number of aryl methyl sites for hydroxylation is 1. The lowest BCUT2D eigenvalue weighted by atomic mass is 9.93. The van der Waals surface area contributed by atoms with Crippen molar-refractivity contribution in [2.24, 2.45) is 11.1 Å². The maximum Gasteiger partial charge on any atom is 0.132 e. The van der Waals surface area contributed by atoms with Gasteiger partial charge in [-0.15, -0.1) is 0 Å². The third-order valence-corrected chi connectivity index (χ3v) is 3.98. The van der Waals surface area contributed by atoms with E-state index in [1.165, 1.54) is 17.6 Å². The van der Waals surface area contributed by atoms with Gasteiger partial charge in [-0.2, -0.15) is 0 Å². The minimum atomic E-state index is 0.302. The van der Waals surface area contributed by atoms with Crippen LogP contribution in [0.1, 0.15) is 24.8 Å². The van der Waals surface area contributed by atoms with Gasteiger partial charge in [0.1, 0.15) is 6.34 Å². The summed E-state index contributed by atoms with van der Waals surface area (Å²) < 4.78 is 0. The summed E-state index contributed by atoms with van der Waals surface area (Å²) in [6.07, 6.45) is 4.49. The molecule has 1 saturated heterocycles. The molecule has 0 amide bonds. The first-order chi connectivity index (χ1) is 9.74. The average molecular weight is 277 g/mol. The van der Waals surface area contributed by atoms with Gasteiger partial charge in [0.15, 0.2) is 0 Å². The van der Waals surface area contributed by atoms with E-state index in [4.69, 9.17) is 10.3 Å². The van der Waals surface area contributed by atoms with E-state index in [1.807, 2.05) is 6.07 Å². The lowest BCUT2D eigenvalue weighted by molar-refractivity contribution is 0.240. The molecule has 1 aromatic rings. The van der Waals surface area contributed by atoms with Gasteiger partial charge < -0.3 is 20.5 Å². The van der Waals surface area contributed by atoms with Gasteiger partial charge in [-0.3, -0.25) is 0 Å². The van der Waals surface area contributed by atoms with Crippen LogP contribution in [-0.2, 0) is 0 Å². The molecule has 110 valence electrons. The molecule has 5 heteroatoms. The van der Waals surface area contributed by atoms with E-state index in [9.17, 15) is 0 Å². The number of oxime groups is 1. The normalized spacial score (nSPS) is 16.8. The van der Waals surface area contributed by atoms with Crippen molar-refractivity contribution in [2.75, 3.05) is 29.9 Å². The summed E-state index contributed by atoms with van der Waals surface area (Å²) >= 11 is 0. The van der Waals surface area contributed by atoms with Crippen molar-refractivity contribution in [1.29, 1.82) is 0 Å². The van der Waals surface area contributed by atoms with E-state index < -0.39 is 0 Å². The topological polar surface area (TPSA) is 68.1 Å². The molecule has 5 nitrogen and oxygen atoms in total. The van der Waals surface area contributed by atoms with Crippen LogP contribution >= 0.6 is 0 Å². The van der Waals surface area contributed by atoms with Gasteiger partial charge in [-0.25, -0.2) is 0 Å². The molecule has 0 unspecified atom stereocenters. The number of aliphatic hydroxyl groups excluding tert-OH is 1. The molecular formula is C15H23N3O2. The maximum absolute atomic E-state index is 9.00. The molecule has 0 aliphatic carbocycles. The summed E-state index contributed by atoms with van der Waals surface area (Å²) in [5, 5.41) is 23.2. The lowest BCUT2D eigenvalue weighted by Crippen LogP contribution is -2.34. The molecule has 1 heterocycles. The highest BCUT2D eigenvalue weighted by molar-refractivity contribution is 5.76. The van der Waals surface area contributed by atoms with Gasteiger partial charge >= 0.3 is 0 Å². The van der Waals surface area contributed by atoms with Crippen LogP contribution in [0.4, 0.5) is 11.4 Å². The van der Waals surface area contributed by atoms with Crippen molar-refractivity contribution in [1.82, 2.24) is 0 Å². The number of rotatable bonds is 5. The molecule has 0 aromatic heterocycles. The van der Waals surface area contributed by atoms with Crippen LogP contribution in [0.3, 0.4) is 0 Å². The van der Waals surface area contributed by atoms with E-state index in [1.54, 1.807) is 0 Å². The summed E-state index contributed by atoms with van der Waals surface area (Å²) in [5.41, 5.74) is 3.39. The number of hydrogen-bond acceptors (Lipinski definition) is 4. The maximum atomic E-state index is 9.00. The van der Waals surface area contributed by atoms with Gasteiger partial charge in [-0.05, 0) is 55.9 Å². The van der Waals surface area contributed by atoms with E-state index in [0.717, 1.165) is 38.0 Å². The number of nitrogens with one attached hydrogen (secondary N) is 1. The molecule has 1 aliphatic rings. The first-order valence-electron chi connectivity index (χ1n) is 7.13. The van der Waals surface area contributed by atoms with Crippen molar-refractivity contribution >= 4 is 17.7 Å². The van der Waals surface area contributed by atoms with E-state index in [-0.39, 0.29) is 0 Å². The van der Waals surface area contributed by atoms with Crippen LogP contribution in [-0.4, -0.2) is 36.3 Å². The minimum absolute atomic E-state index is 0.302. The Morgan fingerprint density at radius 2 is 2.15 bits per heavy atom. The number of hydrogen-bond donors (Lipinski definition) is 3. The smallest absolute Gasteiger partial charge is 0.132 e. The Morgan fingerprint density at radius 1 is 1.40 bits per heavy atom. The predicted molar refractivity (Wildman–Crippen MR) is 81.7 cm³/mol. The van der Waals surface area contributed by atoms with Gasteiger partial charge in [0, 0.05) is 31.1 Å². The number of benzene rings is 1. The molecule has 1 aromatic carbocycles. The van der Waals surface area contributed by atoms with Gasteiger partial charge in [0.2, 0.25) is 0 Å². The van der Waals surface area contributed by atoms with Crippen LogP contribution in [0, 0.1) is 12.8 Å². The number of nitrogens with zero attached hydrogens (tertiary/aromatic N) is 2. The fourth-order valence-corrected chi connectivity index (χ4v) is 2.85. The Labute approximate surface area is 119 Å². The van der Waals surface area contributed by atoms with E-state index in [2.05, 4.69) is 34.4 Å². The third-order valence-electron chi connectivity index (χ3n) is 3.98. The minimum Gasteiger partial charge on any atom is -0.410 e. The highest BCUT2D eigenvalue weighted by Gasteiger charge is 2.19. The fourth-order valence-electron chi connectivity index (χ4n) is 2.85. The van der Waals surface area contributed by atoms with Crippen LogP contribution in [0.5, 0.6) is 0 Å². The molecule has 2 rings (SSSR count). The molecule has 3 N–H and O–H groups in total. The largest absolute Gasteiger partial charge is 0.410 e. The van der Waals surface area contributed by atoms with Gasteiger partial charge in [0.05, 0.1) is 0 Å². The van der Waals surface area contributed by atoms with Crippen molar-refractivity contribution in [3.8, 4) is 0 Å². The number of anilines is 2. The Bertz CT molecular complexity index is 454. The Morgan fingerprint density at radius 3 is 2.75 bits per heavy atom. The fraction of sp³-hybridized carbons (Fsp3) is 0.533. The Hall–Kier alpha value is -1.75. The quantitative estimate of drug-likeness (QED) is 0.335. The SMILES string of the molecule is Cc1cc(N/C=N/O)ccc1N1CCC(CCO)CC1. The zero-order valence-corrected chi connectivity index (χ0v) is 11.9. The van der Waals surface area contributed by atoms with E-state index in [0.29, 0.717) is 12.5 Å². The van der Waals surface area contributed by atoms with Crippen LogP contribution in [0.2, 0.25) is 0 Å². The second kappa shape index (κ2) is 7.14. The second-order valence-corrected chi connectivity index (χ2v) is 5.33. The second-order valence-electron chi connectivity index (χ2n) is 5.33. The summed E-state index contributed by atoms with van der Waals surface area (Å²) in [4.78, 5) is 2.41. The van der Waals surface area contributed by atoms with Gasteiger partial charge in [-0.1, -0.05) is 5.16 Å². The number of piperidine rings is 1. The van der Waals surface area contributed by atoms with E-state index >= 15 is 0 Å². The lowest BCUT2D eigenvalue weighted by Gasteiger charge is -2.34. The Kier molecular flexibility index (Phi) is 5.24. The van der Waals surface area contributed by atoms with Crippen LogP contribution < -0.4 is 10.2 Å². The van der Waals surface area contributed by atoms with Crippen LogP contribution in [0.15, 0.2) is 23.4 Å². The molecule has 0 atom stereocenters. The molecule has 20 heavy (non-hydrogen) atoms. The molecule has 0 saturated carbocycles. The zero-order valence-electron chi connectivity index (χ0n) is 11.9. The standard InChI is InChI=1S/C15H23N3O2/c1-12-10-14(16-11-17-20)2-3-15(12)18-7-4-13(5-8-18)6-9-19/h2-3,10-11,13,19-20H,4-9H2,1H3,(H,16,17). The summed E-state index contributed by atoms with van der Waals surface area (Å²) in [6.45, 7) is 4.50. The van der Waals surface area contributed by atoms with Crippen LogP contribution in [0.25, 0.3) is 0 Å². The van der Waals surface area contributed by atoms with Crippen molar-refractivity contribution in [3.63, 3.8) is 0 Å². The highest BCUT2D eigenvalue weighted by atomic mass is 16.4. The Balaban J connectivity index is 1.99. The molecule has 0 bridgehead atoms. The number of aliphatic hydroxyl groups is 1. The highest BCUT2D eigenvalue weighted by Crippen LogP contribution is 2.28. The summed E-state index contributed by atoms with van der Waals surface area (Å²) in [7, 11) is 0. The van der Waals surface area contributed by atoms with Crippen molar-refractivity contribution in [2.45, 2.75) is 26.2 Å². The predicted octanol–water partition coefficient (Wildman–Crippen LogP) is 2.42. The molecular weight excluding hydrogens is 254 g/mol. The molecule has 0 spiro atoms. The molecule has 1 fully saturated rings. The summed E-state index contributed by atoms with van der Waals surface area (Å²) in [5.74, 6) is 0.665. The monoisotopic (exact) mass is 277 g/mol. The first-order valence-corrected chi connectivity index (χ1v) is 7.13. The third kappa shape index (κ3) is 3.63. The zero-order chi connectivity index (χ0) is 14.4. The first kappa shape index (κ1) is 14.7. The molecule has 1 aliphatic heterocycles. The van der Waals surface area contributed by atoms with Crippen molar-refractivity contribution in [3.05, 3.63) is 23.8 Å². The summed E-state index contributed by atoms with van der Waals surface area (Å²) in [6, 6.07) is 6.15. The van der Waals surface area contributed by atoms with Crippen molar-refractivity contribution < 1.29 is 10.3 Å².